The third-order valence-corrected chi connectivity index (χ3v) is 7.40. The van der Waals surface area contributed by atoms with Crippen LogP contribution in [0.1, 0.15) is 17.0 Å². The fourth-order valence-corrected chi connectivity index (χ4v) is 5.17. The van der Waals surface area contributed by atoms with Crippen LogP contribution in [0.25, 0.3) is 33.5 Å². The quantitative estimate of drug-likeness (QED) is 0.320. The Morgan fingerprint density at radius 1 is 1.29 bits per heavy atom. The van der Waals surface area contributed by atoms with Gasteiger partial charge in [0.05, 0.1) is 37.1 Å². The number of carbonyl (C=O) groups is 1. The predicted molar refractivity (Wildman–Crippen MR) is 120 cm³/mol. The van der Waals surface area contributed by atoms with Crippen molar-refractivity contribution in [1.82, 2.24) is 25.1 Å². The number of nitrogens with zero attached hydrogens (tertiary/aromatic N) is 4. The molecule has 9 nitrogen and oxygen atoms in total. The molecular formula is C24H22FN6O3+. The van der Waals surface area contributed by atoms with E-state index in [1.165, 1.54) is 26.3 Å². The average molecular weight is 461 g/mol. The molecule has 2 fully saturated rings. The van der Waals surface area contributed by atoms with E-state index < -0.39 is 5.82 Å². The first kappa shape index (κ1) is 19.5. The number of imidazole rings is 1. The highest BCUT2D eigenvalue weighted by Crippen LogP contribution is 2.50. The van der Waals surface area contributed by atoms with E-state index in [1.54, 1.807) is 11.0 Å². The molecule has 10 heteroatoms. The topological polar surface area (TPSA) is 107 Å². The standard InChI is InChI=1S/C24H21FN6O3/c1-34-24(33)30-7-19-20(8-30)27-23(26-19)22-15-3-2-12(4-18(15)28-29-22)16-6-17(25)21(32)5-13(16)9-31-10-14(31)11-31/h2-6,14H,7-11H2,1H3,(H2-,26,27,28,29,32)/p+1. The number of aromatic amines is 2. The summed E-state index contributed by atoms with van der Waals surface area (Å²) in [7, 11) is 1.36. The number of fused-ring (bicyclic) bond motifs is 3. The molecule has 0 saturated carbocycles. The van der Waals surface area contributed by atoms with Crippen LogP contribution in [0.4, 0.5) is 9.18 Å². The zero-order valence-corrected chi connectivity index (χ0v) is 18.4. The summed E-state index contributed by atoms with van der Waals surface area (Å²) < 4.78 is 20.1. The van der Waals surface area contributed by atoms with Gasteiger partial charge in [0.2, 0.25) is 0 Å². The number of methoxy groups -OCH3 is 1. The number of halogens is 1. The van der Waals surface area contributed by atoms with Crippen LogP contribution in [0.5, 0.6) is 5.75 Å². The lowest BCUT2D eigenvalue weighted by Gasteiger charge is -2.13. The molecule has 0 atom stereocenters. The van der Waals surface area contributed by atoms with Gasteiger partial charge in [-0.3, -0.25) is 14.5 Å². The Bertz CT molecular complexity index is 1480. The number of ether oxygens (including phenoxy) is 1. The second-order valence-electron chi connectivity index (χ2n) is 9.53. The largest absolute Gasteiger partial charge is 0.505 e. The van der Waals surface area contributed by atoms with Crippen LogP contribution in [0.2, 0.25) is 0 Å². The lowest BCUT2D eigenvalue weighted by Crippen LogP contribution is -2.25. The number of phenolic OH excluding ortho intramolecular Hbond substituents is 1. The summed E-state index contributed by atoms with van der Waals surface area (Å²) in [5.74, 6) is -0.295. The summed E-state index contributed by atoms with van der Waals surface area (Å²) in [5.41, 5.74) is 5.77. The first-order valence-corrected chi connectivity index (χ1v) is 11.2. The molecular weight excluding hydrogens is 439 g/mol. The molecule has 0 radical (unpaired) electrons. The summed E-state index contributed by atoms with van der Waals surface area (Å²) in [5, 5.41) is 18.4. The maximum atomic E-state index is 14.3. The molecule has 2 aromatic carbocycles. The fourth-order valence-electron chi connectivity index (χ4n) is 5.17. The van der Waals surface area contributed by atoms with Crippen LogP contribution in [-0.2, 0) is 24.4 Å². The molecule has 7 rings (SSSR count). The van der Waals surface area contributed by atoms with Crippen molar-refractivity contribution in [3.05, 3.63) is 53.1 Å². The second-order valence-corrected chi connectivity index (χ2v) is 9.53. The average Bonchev–Trinajstić information content (AvgIpc) is 3.39. The van der Waals surface area contributed by atoms with E-state index >= 15 is 0 Å². The van der Waals surface area contributed by atoms with Gasteiger partial charge in [0.25, 0.3) is 0 Å². The van der Waals surface area contributed by atoms with Gasteiger partial charge < -0.3 is 14.8 Å². The molecule has 3 aliphatic rings. The molecule has 34 heavy (non-hydrogen) atoms. The highest BCUT2D eigenvalue weighted by molar-refractivity contribution is 5.94. The first-order valence-electron chi connectivity index (χ1n) is 11.2. The number of H-pyrrole nitrogens is 2. The highest BCUT2D eigenvalue weighted by atomic mass is 19.1. The van der Waals surface area contributed by atoms with Crippen molar-refractivity contribution in [2.45, 2.75) is 25.7 Å². The van der Waals surface area contributed by atoms with Crippen LogP contribution in [0.3, 0.4) is 0 Å². The van der Waals surface area contributed by atoms with E-state index in [0.29, 0.717) is 24.6 Å². The molecule has 3 aliphatic heterocycles. The Morgan fingerprint density at radius 2 is 2.12 bits per heavy atom. The van der Waals surface area contributed by atoms with Crippen LogP contribution < -0.4 is 0 Å². The van der Waals surface area contributed by atoms with Gasteiger partial charge in [-0.15, -0.1) is 0 Å². The third kappa shape index (κ3) is 2.84. The molecule has 0 bridgehead atoms. The van der Waals surface area contributed by atoms with E-state index in [9.17, 15) is 14.3 Å². The first-order chi connectivity index (χ1) is 16.4. The van der Waals surface area contributed by atoms with Gasteiger partial charge in [-0.1, -0.05) is 6.07 Å². The minimum Gasteiger partial charge on any atom is -0.505 e. The van der Waals surface area contributed by atoms with E-state index in [0.717, 1.165) is 56.1 Å². The Labute approximate surface area is 193 Å². The Balaban J connectivity index is 1.23. The van der Waals surface area contributed by atoms with E-state index in [4.69, 9.17) is 4.74 Å². The molecule has 5 heterocycles. The number of rotatable bonds is 4. The molecule has 0 unspecified atom stereocenters. The van der Waals surface area contributed by atoms with E-state index in [-0.39, 0.29) is 11.8 Å². The number of aromatic nitrogens is 4. The van der Waals surface area contributed by atoms with Gasteiger partial charge in [-0.2, -0.15) is 5.10 Å². The monoisotopic (exact) mass is 461 g/mol. The minimum absolute atomic E-state index is 0.307. The maximum absolute atomic E-state index is 14.3. The lowest BCUT2D eigenvalue weighted by molar-refractivity contribution is -0.717. The van der Waals surface area contributed by atoms with Crippen molar-refractivity contribution in [2.24, 2.45) is 0 Å². The smallest absolute Gasteiger partial charge is 0.410 e. The normalized spacial score (nSPS) is 22.1. The number of hydrogen-bond acceptors (Lipinski definition) is 5. The molecule has 4 aromatic rings. The van der Waals surface area contributed by atoms with Crippen LogP contribution in [0, 0.1) is 5.82 Å². The van der Waals surface area contributed by atoms with Gasteiger partial charge >= 0.3 is 6.09 Å². The van der Waals surface area contributed by atoms with Crippen molar-refractivity contribution >= 4 is 17.0 Å². The van der Waals surface area contributed by atoms with Gasteiger partial charge in [0, 0.05) is 10.9 Å². The molecule has 1 amide bonds. The van der Waals surface area contributed by atoms with Crippen LogP contribution in [-0.4, -0.2) is 67.0 Å². The second kappa shape index (κ2) is 6.57. The number of aromatic hydroxyl groups is 1. The molecule has 0 spiro atoms. The summed E-state index contributed by atoms with van der Waals surface area (Å²) in [4.78, 5) is 21.3. The van der Waals surface area contributed by atoms with Crippen molar-refractivity contribution in [2.75, 3.05) is 20.2 Å². The molecule has 3 N–H and O–H groups in total. The number of quaternary nitrogens is 1. The summed E-state index contributed by atoms with van der Waals surface area (Å²) in [6.07, 6.45) is -0.381. The Hall–Kier alpha value is -3.92. The molecule has 0 aliphatic carbocycles. The van der Waals surface area contributed by atoms with Crippen molar-refractivity contribution in [3.63, 3.8) is 0 Å². The lowest BCUT2D eigenvalue weighted by atomic mass is 9.97. The number of carbonyl (C=O) groups excluding carboxylic acids is 1. The predicted octanol–water partition coefficient (Wildman–Crippen LogP) is 3.26. The van der Waals surface area contributed by atoms with Gasteiger partial charge in [0.1, 0.15) is 25.3 Å². The van der Waals surface area contributed by atoms with Crippen LogP contribution >= 0.6 is 0 Å². The van der Waals surface area contributed by atoms with Gasteiger partial charge in [0.15, 0.2) is 23.4 Å². The van der Waals surface area contributed by atoms with E-state index in [2.05, 4.69) is 20.2 Å². The van der Waals surface area contributed by atoms with E-state index in [1.807, 2.05) is 18.2 Å². The summed E-state index contributed by atoms with van der Waals surface area (Å²) >= 11 is 0. The summed E-state index contributed by atoms with van der Waals surface area (Å²) in [6.45, 7) is 3.95. The Kier molecular flexibility index (Phi) is 3.78. The van der Waals surface area contributed by atoms with Crippen molar-refractivity contribution in [3.8, 4) is 28.4 Å². The number of benzene rings is 2. The maximum Gasteiger partial charge on any atom is 0.410 e. The third-order valence-electron chi connectivity index (χ3n) is 7.40. The van der Waals surface area contributed by atoms with Crippen molar-refractivity contribution < 1.29 is 23.5 Å². The number of amides is 1. The minimum atomic E-state index is -0.622. The Morgan fingerprint density at radius 3 is 2.85 bits per heavy atom. The van der Waals surface area contributed by atoms with Crippen molar-refractivity contribution in [1.29, 1.82) is 0 Å². The zero-order chi connectivity index (χ0) is 23.2. The molecule has 2 saturated heterocycles. The SMILES string of the molecule is COC(=O)N1Cc2nc(-c3n[nH]c4cc(-c5cc(F)c(O)cc5C[N+]56CC5C6)ccc34)[nH]c2C1. The number of hydrogen-bond donors (Lipinski definition) is 3. The molecule has 2 aromatic heterocycles. The van der Waals surface area contributed by atoms with Crippen LogP contribution in [0.15, 0.2) is 30.3 Å². The van der Waals surface area contributed by atoms with Gasteiger partial charge in [-0.25, -0.2) is 14.2 Å². The van der Waals surface area contributed by atoms with Gasteiger partial charge in [-0.05, 0) is 35.4 Å². The number of nitrogens with one attached hydrogen (secondary N) is 2. The summed E-state index contributed by atoms with van der Waals surface area (Å²) in [6, 6.07) is 9.60. The highest BCUT2D eigenvalue weighted by Gasteiger charge is 2.73. The number of phenols is 1. The zero-order valence-electron chi connectivity index (χ0n) is 18.4. The molecule has 172 valence electrons. The fraction of sp³-hybridized carbons (Fsp3) is 0.292.